The molecular formula is C16H25ClN2. The fourth-order valence-corrected chi connectivity index (χ4v) is 3.17. The van der Waals surface area contributed by atoms with Gasteiger partial charge in [0.05, 0.1) is 16.9 Å². The van der Waals surface area contributed by atoms with Crippen molar-refractivity contribution in [3.63, 3.8) is 0 Å². The Hall–Kier alpha value is -0.760. The van der Waals surface area contributed by atoms with E-state index in [-0.39, 0.29) is 0 Å². The van der Waals surface area contributed by atoms with Crippen molar-refractivity contribution in [1.82, 2.24) is 4.98 Å². The SMILES string of the molecule is CCC(C)(C)C1CCC(Nc2cnccc2Cl)CC1. The van der Waals surface area contributed by atoms with E-state index < -0.39 is 0 Å². The van der Waals surface area contributed by atoms with Crippen LogP contribution in [0.25, 0.3) is 0 Å². The molecule has 1 saturated carbocycles. The molecule has 1 fully saturated rings. The first kappa shape index (κ1) is 14.6. The summed E-state index contributed by atoms with van der Waals surface area (Å²) in [6.07, 6.45) is 9.92. The Kier molecular flexibility index (Phi) is 4.72. The minimum Gasteiger partial charge on any atom is -0.380 e. The Balaban J connectivity index is 1.89. The van der Waals surface area contributed by atoms with Gasteiger partial charge in [0, 0.05) is 12.2 Å². The summed E-state index contributed by atoms with van der Waals surface area (Å²) in [5.74, 6) is 0.861. The van der Waals surface area contributed by atoms with Gasteiger partial charge in [0.25, 0.3) is 0 Å². The summed E-state index contributed by atoms with van der Waals surface area (Å²) >= 11 is 6.16. The molecule has 1 N–H and O–H groups in total. The molecule has 1 aromatic rings. The molecule has 0 aromatic carbocycles. The minimum absolute atomic E-state index is 0.483. The summed E-state index contributed by atoms with van der Waals surface area (Å²) in [6, 6.07) is 2.39. The van der Waals surface area contributed by atoms with Crippen LogP contribution < -0.4 is 5.32 Å². The van der Waals surface area contributed by atoms with Crippen molar-refractivity contribution < 1.29 is 0 Å². The third kappa shape index (κ3) is 3.62. The van der Waals surface area contributed by atoms with Crippen molar-refractivity contribution in [1.29, 1.82) is 0 Å². The van der Waals surface area contributed by atoms with Gasteiger partial charge in [0.15, 0.2) is 0 Å². The zero-order chi connectivity index (χ0) is 13.9. The van der Waals surface area contributed by atoms with E-state index in [2.05, 4.69) is 31.1 Å². The van der Waals surface area contributed by atoms with Crippen LogP contribution in [0.15, 0.2) is 18.5 Å². The first-order valence-electron chi connectivity index (χ1n) is 7.39. The van der Waals surface area contributed by atoms with Crippen LogP contribution in [0.3, 0.4) is 0 Å². The van der Waals surface area contributed by atoms with Crippen LogP contribution in [0, 0.1) is 11.3 Å². The van der Waals surface area contributed by atoms with Crippen LogP contribution in [0.1, 0.15) is 52.9 Å². The van der Waals surface area contributed by atoms with Crippen LogP contribution in [0.2, 0.25) is 5.02 Å². The molecule has 0 spiro atoms. The molecule has 1 aliphatic carbocycles. The lowest BCUT2D eigenvalue weighted by molar-refractivity contribution is 0.147. The van der Waals surface area contributed by atoms with Gasteiger partial charge in [-0.25, -0.2) is 0 Å². The third-order valence-electron chi connectivity index (χ3n) is 4.87. The molecule has 19 heavy (non-hydrogen) atoms. The lowest BCUT2D eigenvalue weighted by Crippen LogP contribution is -2.32. The zero-order valence-corrected chi connectivity index (χ0v) is 13.0. The second kappa shape index (κ2) is 6.13. The molecule has 1 heterocycles. The van der Waals surface area contributed by atoms with Gasteiger partial charge < -0.3 is 5.32 Å². The van der Waals surface area contributed by atoms with Gasteiger partial charge in [-0.05, 0) is 43.1 Å². The topological polar surface area (TPSA) is 24.9 Å². The Morgan fingerprint density at radius 2 is 2.00 bits per heavy atom. The van der Waals surface area contributed by atoms with Crippen molar-refractivity contribution in [3.8, 4) is 0 Å². The predicted molar refractivity (Wildman–Crippen MR) is 82.7 cm³/mol. The number of halogens is 1. The monoisotopic (exact) mass is 280 g/mol. The molecule has 0 radical (unpaired) electrons. The molecule has 0 atom stereocenters. The van der Waals surface area contributed by atoms with Crippen molar-refractivity contribution in [3.05, 3.63) is 23.5 Å². The molecule has 2 rings (SSSR count). The van der Waals surface area contributed by atoms with E-state index in [1.54, 1.807) is 6.20 Å². The highest BCUT2D eigenvalue weighted by atomic mass is 35.5. The molecular weight excluding hydrogens is 256 g/mol. The summed E-state index contributed by atoms with van der Waals surface area (Å²) in [7, 11) is 0. The second-order valence-electron chi connectivity index (χ2n) is 6.39. The molecule has 1 aliphatic rings. The molecule has 0 aliphatic heterocycles. The predicted octanol–water partition coefficient (Wildman–Crippen LogP) is 5.14. The number of anilines is 1. The third-order valence-corrected chi connectivity index (χ3v) is 5.20. The van der Waals surface area contributed by atoms with E-state index in [1.165, 1.54) is 32.1 Å². The van der Waals surface area contributed by atoms with Crippen LogP contribution >= 0.6 is 11.6 Å². The van der Waals surface area contributed by atoms with Crippen LogP contribution in [0.5, 0.6) is 0 Å². The smallest absolute Gasteiger partial charge is 0.0718 e. The average Bonchev–Trinajstić information content (AvgIpc) is 2.42. The molecule has 106 valence electrons. The summed E-state index contributed by atoms with van der Waals surface area (Å²) in [4.78, 5) is 4.13. The number of rotatable bonds is 4. The van der Waals surface area contributed by atoms with E-state index in [0.29, 0.717) is 11.5 Å². The molecule has 0 saturated heterocycles. The van der Waals surface area contributed by atoms with Gasteiger partial charge in [-0.1, -0.05) is 38.8 Å². The molecule has 0 bridgehead atoms. The molecule has 3 heteroatoms. The lowest BCUT2D eigenvalue weighted by Gasteiger charge is -2.39. The standard InChI is InChI=1S/C16H25ClN2/c1-4-16(2,3)12-5-7-13(8-6-12)19-15-11-18-10-9-14(15)17/h9-13,19H,4-8H2,1-3H3. The number of aromatic nitrogens is 1. The van der Waals surface area contributed by atoms with Gasteiger partial charge in [-0.15, -0.1) is 0 Å². The Morgan fingerprint density at radius 3 is 2.58 bits per heavy atom. The number of hydrogen-bond donors (Lipinski definition) is 1. The van der Waals surface area contributed by atoms with E-state index >= 15 is 0 Å². The minimum atomic E-state index is 0.483. The number of nitrogens with zero attached hydrogens (tertiary/aromatic N) is 1. The lowest BCUT2D eigenvalue weighted by atomic mass is 9.69. The Bertz CT molecular complexity index is 409. The second-order valence-corrected chi connectivity index (χ2v) is 6.80. The summed E-state index contributed by atoms with van der Waals surface area (Å²) < 4.78 is 0. The normalized spacial score (nSPS) is 24.2. The first-order valence-corrected chi connectivity index (χ1v) is 7.77. The average molecular weight is 281 g/mol. The van der Waals surface area contributed by atoms with Crippen LogP contribution in [0.4, 0.5) is 5.69 Å². The fraction of sp³-hybridized carbons (Fsp3) is 0.688. The highest BCUT2D eigenvalue weighted by molar-refractivity contribution is 6.33. The highest BCUT2D eigenvalue weighted by Gasteiger charge is 2.31. The van der Waals surface area contributed by atoms with Gasteiger partial charge in [0.1, 0.15) is 0 Å². The van der Waals surface area contributed by atoms with E-state index in [1.807, 2.05) is 12.3 Å². The van der Waals surface area contributed by atoms with E-state index in [4.69, 9.17) is 11.6 Å². The maximum absolute atomic E-state index is 6.16. The molecule has 1 aromatic heterocycles. The van der Waals surface area contributed by atoms with Crippen LogP contribution in [-0.2, 0) is 0 Å². The quantitative estimate of drug-likeness (QED) is 0.826. The molecule has 0 unspecified atom stereocenters. The van der Waals surface area contributed by atoms with E-state index in [9.17, 15) is 0 Å². The highest BCUT2D eigenvalue weighted by Crippen LogP contribution is 2.41. The summed E-state index contributed by atoms with van der Waals surface area (Å²) in [5.41, 5.74) is 1.46. The molecule has 0 amide bonds. The largest absolute Gasteiger partial charge is 0.380 e. The van der Waals surface area contributed by atoms with Gasteiger partial charge >= 0.3 is 0 Å². The maximum atomic E-state index is 6.16. The maximum Gasteiger partial charge on any atom is 0.0718 e. The van der Waals surface area contributed by atoms with Crippen LogP contribution in [-0.4, -0.2) is 11.0 Å². The Morgan fingerprint density at radius 1 is 1.32 bits per heavy atom. The van der Waals surface area contributed by atoms with Gasteiger partial charge in [-0.2, -0.15) is 0 Å². The summed E-state index contributed by atoms with van der Waals surface area (Å²) in [6.45, 7) is 7.12. The number of hydrogen-bond acceptors (Lipinski definition) is 2. The van der Waals surface area contributed by atoms with Crippen molar-refractivity contribution in [2.45, 2.75) is 58.9 Å². The van der Waals surface area contributed by atoms with Gasteiger partial charge in [-0.3, -0.25) is 4.98 Å². The first-order chi connectivity index (χ1) is 9.03. The number of nitrogens with one attached hydrogen (secondary N) is 1. The summed E-state index contributed by atoms with van der Waals surface area (Å²) in [5, 5.41) is 4.31. The zero-order valence-electron chi connectivity index (χ0n) is 12.2. The van der Waals surface area contributed by atoms with Gasteiger partial charge in [0.2, 0.25) is 0 Å². The number of pyridine rings is 1. The van der Waals surface area contributed by atoms with Crippen molar-refractivity contribution in [2.24, 2.45) is 11.3 Å². The Labute approximate surface area is 122 Å². The van der Waals surface area contributed by atoms with E-state index in [0.717, 1.165) is 16.6 Å². The fourth-order valence-electron chi connectivity index (χ4n) is 3.01. The molecule has 2 nitrogen and oxygen atoms in total. The van der Waals surface area contributed by atoms with Crippen molar-refractivity contribution in [2.75, 3.05) is 5.32 Å². The van der Waals surface area contributed by atoms with Crippen molar-refractivity contribution >= 4 is 17.3 Å².